The van der Waals surface area contributed by atoms with E-state index in [4.69, 9.17) is 0 Å². The largest absolute Gasteiger partial charge is 0.310 e. The Morgan fingerprint density at radius 1 is 1.62 bits per heavy atom. The zero-order valence-corrected chi connectivity index (χ0v) is 8.72. The van der Waals surface area contributed by atoms with Crippen LogP contribution in [0.15, 0.2) is 28.9 Å². The quantitative estimate of drug-likeness (QED) is 0.654. The molecular formula is C11H18N2. The molecular weight excluding hydrogens is 160 g/mol. The molecule has 0 aliphatic carbocycles. The van der Waals surface area contributed by atoms with Crippen molar-refractivity contribution in [3.8, 4) is 0 Å². The second-order valence-corrected chi connectivity index (χ2v) is 3.60. The molecule has 0 amide bonds. The summed E-state index contributed by atoms with van der Waals surface area (Å²) in [7, 11) is 0. The number of nitrogens with zero attached hydrogens (tertiary/aromatic N) is 1. The molecule has 2 heteroatoms. The van der Waals surface area contributed by atoms with Crippen molar-refractivity contribution in [1.82, 2.24) is 5.32 Å². The highest BCUT2D eigenvalue weighted by Gasteiger charge is 2.20. The SMILES string of the molecule is C=CN=C1CCNC(C)C1=C(C)C. The minimum absolute atomic E-state index is 0.428. The molecule has 1 atom stereocenters. The van der Waals surface area contributed by atoms with Crippen LogP contribution in [0.3, 0.4) is 0 Å². The lowest BCUT2D eigenvalue weighted by atomic mass is 9.93. The molecule has 72 valence electrons. The summed E-state index contributed by atoms with van der Waals surface area (Å²) >= 11 is 0. The van der Waals surface area contributed by atoms with Crippen LogP contribution < -0.4 is 5.32 Å². The maximum Gasteiger partial charge on any atom is 0.0462 e. The van der Waals surface area contributed by atoms with Crippen LogP contribution in [-0.2, 0) is 0 Å². The van der Waals surface area contributed by atoms with Gasteiger partial charge in [0.1, 0.15) is 0 Å². The summed E-state index contributed by atoms with van der Waals surface area (Å²) in [5.41, 5.74) is 3.90. The normalized spacial score (nSPS) is 26.2. The van der Waals surface area contributed by atoms with Gasteiger partial charge in [0.15, 0.2) is 0 Å². The first-order chi connectivity index (χ1) is 6.16. The first-order valence-corrected chi connectivity index (χ1v) is 4.75. The van der Waals surface area contributed by atoms with Gasteiger partial charge in [-0.1, -0.05) is 12.2 Å². The average molecular weight is 178 g/mol. The topological polar surface area (TPSA) is 24.4 Å². The Labute approximate surface area is 80.4 Å². The summed E-state index contributed by atoms with van der Waals surface area (Å²) in [6.07, 6.45) is 2.65. The van der Waals surface area contributed by atoms with Crippen molar-refractivity contribution in [3.05, 3.63) is 23.9 Å². The van der Waals surface area contributed by atoms with Crippen LogP contribution in [0.1, 0.15) is 27.2 Å². The second kappa shape index (κ2) is 4.38. The van der Waals surface area contributed by atoms with Crippen molar-refractivity contribution in [2.24, 2.45) is 4.99 Å². The highest BCUT2D eigenvalue weighted by atomic mass is 14.9. The van der Waals surface area contributed by atoms with Crippen molar-refractivity contribution in [2.45, 2.75) is 33.2 Å². The average Bonchev–Trinajstić information content (AvgIpc) is 2.04. The van der Waals surface area contributed by atoms with E-state index in [1.54, 1.807) is 6.20 Å². The van der Waals surface area contributed by atoms with E-state index in [9.17, 15) is 0 Å². The van der Waals surface area contributed by atoms with Gasteiger partial charge in [-0.25, -0.2) is 0 Å². The van der Waals surface area contributed by atoms with Gasteiger partial charge in [0.25, 0.3) is 0 Å². The molecule has 1 aliphatic heterocycles. The zero-order chi connectivity index (χ0) is 9.84. The van der Waals surface area contributed by atoms with E-state index < -0.39 is 0 Å². The molecule has 1 aliphatic rings. The first kappa shape index (κ1) is 10.2. The molecule has 1 fully saturated rings. The smallest absolute Gasteiger partial charge is 0.0462 e. The van der Waals surface area contributed by atoms with Gasteiger partial charge in [-0.15, -0.1) is 0 Å². The molecule has 0 spiro atoms. The molecule has 0 aromatic carbocycles. The zero-order valence-electron chi connectivity index (χ0n) is 8.72. The van der Waals surface area contributed by atoms with Crippen LogP contribution in [0, 0.1) is 0 Å². The minimum atomic E-state index is 0.428. The van der Waals surface area contributed by atoms with E-state index in [0.717, 1.165) is 13.0 Å². The molecule has 1 N–H and O–H groups in total. The van der Waals surface area contributed by atoms with Crippen molar-refractivity contribution in [1.29, 1.82) is 0 Å². The minimum Gasteiger partial charge on any atom is -0.310 e. The number of piperidine rings is 1. The van der Waals surface area contributed by atoms with Gasteiger partial charge in [-0.2, -0.15) is 0 Å². The van der Waals surface area contributed by atoms with Crippen molar-refractivity contribution >= 4 is 5.71 Å². The van der Waals surface area contributed by atoms with Gasteiger partial charge in [0.05, 0.1) is 0 Å². The third-order valence-corrected chi connectivity index (χ3v) is 2.34. The van der Waals surface area contributed by atoms with E-state index in [1.165, 1.54) is 16.9 Å². The van der Waals surface area contributed by atoms with Gasteiger partial charge >= 0.3 is 0 Å². The Bertz CT molecular complexity index is 257. The molecule has 1 saturated heterocycles. The summed E-state index contributed by atoms with van der Waals surface area (Å²) in [5.74, 6) is 0. The van der Waals surface area contributed by atoms with E-state index in [2.05, 4.69) is 37.7 Å². The number of allylic oxidation sites excluding steroid dienone is 1. The van der Waals surface area contributed by atoms with Gasteiger partial charge in [0, 0.05) is 30.9 Å². The molecule has 1 heterocycles. The van der Waals surface area contributed by atoms with Gasteiger partial charge in [-0.05, 0) is 26.3 Å². The molecule has 0 aromatic heterocycles. The fraction of sp³-hybridized carbons (Fsp3) is 0.545. The van der Waals surface area contributed by atoms with Crippen molar-refractivity contribution < 1.29 is 0 Å². The molecule has 0 radical (unpaired) electrons. The predicted octanol–water partition coefficient (Wildman–Crippen LogP) is 2.29. The fourth-order valence-corrected chi connectivity index (χ4v) is 1.86. The van der Waals surface area contributed by atoms with Crippen molar-refractivity contribution in [3.63, 3.8) is 0 Å². The lowest BCUT2D eigenvalue weighted by molar-refractivity contribution is 0.603. The summed E-state index contributed by atoms with van der Waals surface area (Å²) in [4.78, 5) is 4.32. The van der Waals surface area contributed by atoms with E-state index in [0.29, 0.717) is 6.04 Å². The molecule has 1 rings (SSSR count). The lowest BCUT2D eigenvalue weighted by Crippen LogP contribution is -2.39. The van der Waals surface area contributed by atoms with Crippen LogP contribution in [-0.4, -0.2) is 18.3 Å². The molecule has 13 heavy (non-hydrogen) atoms. The molecule has 0 aromatic rings. The Hall–Kier alpha value is -0.890. The van der Waals surface area contributed by atoms with Gasteiger partial charge in [-0.3, -0.25) is 4.99 Å². The summed E-state index contributed by atoms with van der Waals surface area (Å²) < 4.78 is 0. The monoisotopic (exact) mass is 178 g/mol. The fourth-order valence-electron chi connectivity index (χ4n) is 1.86. The maximum atomic E-state index is 4.32. The standard InChI is InChI=1S/C11H18N2/c1-5-12-10-6-7-13-9(4)11(10)8(2)3/h5,9,13H,1,6-7H2,2-4H3. The molecule has 0 saturated carbocycles. The van der Waals surface area contributed by atoms with E-state index >= 15 is 0 Å². The Balaban J connectivity index is 3.01. The Kier molecular flexibility index (Phi) is 3.43. The van der Waals surface area contributed by atoms with Crippen LogP contribution in [0.4, 0.5) is 0 Å². The van der Waals surface area contributed by atoms with Crippen LogP contribution in [0.25, 0.3) is 0 Å². The summed E-state index contributed by atoms with van der Waals surface area (Å²) in [6.45, 7) is 11.1. The lowest BCUT2D eigenvalue weighted by Gasteiger charge is -2.26. The third-order valence-electron chi connectivity index (χ3n) is 2.34. The van der Waals surface area contributed by atoms with Gasteiger partial charge in [0.2, 0.25) is 0 Å². The maximum absolute atomic E-state index is 4.32. The van der Waals surface area contributed by atoms with Gasteiger partial charge < -0.3 is 5.32 Å². The second-order valence-electron chi connectivity index (χ2n) is 3.60. The van der Waals surface area contributed by atoms with Crippen LogP contribution in [0.2, 0.25) is 0 Å². The highest BCUT2D eigenvalue weighted by molar-refractivity contribution is 6.02. The number of rotatable bonds is 1. The first-order valence-electron chi connectivity index (χ1n) is 4.75. The third kappa shape index (κ3) is 2.28. The molecule has 0 bridgehead atoms. The van der Waals surface area contributed by atoms with Crippen LogP contribution in [0.5, 0.6) is 0 Å². The molecule has 1 unspecified atom stereocenters. The number of nitrogens with one attached hydrogen (secondary N) is 1. The summed E-state index contributed by atoms with van der Waals surface area (Å²) in [5, 5.41) is 3.43. The predicted molar refractivity (Wildman–Crippen MR) is 58.1 cm³/mol. The number of hydrogen-bond donors (Lipinski definition) is 1. The highest BCUT2D eigenvalue weighted by Crippen LogP contribution is 2.17. The Morgan fingerprint density at radius 3 is 2.85 bits per heavy atom. The summed E-state index contributed by atoms with van der Waals surface area (Å²) in [6, 6.07) is 0.428. The van der Waals surface area contributed by atoms with Crippen molar-refractivity contribution in [2.75, 3.05) is 6.54 Å². The Morgan fingerprint density at radius 2 is 2.31 bits per heavy atom. The van der Waals surface area contributed by atoms with E-state index in [-0.39, 0.29) is 0 Å². The van der Waals surface area contributed by atoms with E-state index in [1.807, 2.05) is 0 Å². The number of hydrogen-bond acceptors (Lipinski definition) is 2. The molecule has 2 nitrogen and oxygen atoms in total. The van der Waals surface area contributed by atoms with Crippen LogP contribution >= 0.6 is 0 Å². The number of aliphatic imine (C=N–C) groups is 1.